The maximum absolute atomic E-state index is 13.8. The summed E-state index contributed by atoms with van der Waals surface area (Å²) in [5, 5.41) is 3.13. The van der Waals surface area contributed by atoms with Gasteiger partial charge in [0.25, 0.3) is 5.56 Å². The lowest BCUT2D eigenvalue weighted by Crippen LogP contribution is -2.37. The monoisotopic (exact) mass is 452 g/mol. The minimum Gasteiger partial charge on any atom is -0.352 e. The van der Waals surface area contributed by atoms with E-state index >= 15 is 0 Å². The molecule has 0 radical (unpaired) electrons. The minimum atomic E-state index is -0.575. The van der Waals surface area contributed by atoms with Gasteiger partial charge in [0, 0.05) is 27.3 Å². The van der Waals surface area contributed by atoms with Crippen molar-refractivity contribution in [1.82, 2.24) is 19.9 Å². The largest absolute Gasteiger partial charge is 0.352 e. The topological polar surface area (TPSA) is 76.9 Å². The van der Waals surface area contributed by atoms with Gasteiger partial charge in [-0.1, -0.05) is 11.6 Å². The molecule has 0 saturated heterocycles. The van der Waals surface area contributed by atoms with Crippen molar-refractivity contribution >= 4 is 44.5 Å². The van der Waals surface area contributed by atoms with Crippen LogP contribution in [0.3, 0.4) is 0 Å². The van der Waals surface area contributed by atoms with Gasteiger partial charge in [-0.2, -0.15) is 0 Å². The van der Waals surface area contributed by atoms with Gasteiger partial charge in [-0.3, -0.25) is 14.2 Å². The fraction of sp³-hybridized carbons (Fsp3) is 0.222. The summed E-state index contributed by atoms with van der Waals surface area (Å²) >= 11 is 9.22. The molecule has 0 aliphatic heterocycles. The first kappa shape index (κ1) is 19.4. The number of hydrogen-bond acceptors (Lipinski definition) is 4. The number of pyridine rings is 1. The Morgan fingerprint density at radius 3 is 2.74 bits per heavy atom. The lowest BCUT2D eigenvalue weighted by molar-refractivity contribution is -0.122. The first-order valence-corrected chi connectivity index (χ1v) is 9.23. The number of benzene rings is 1. The van der Waals surface area contributed by atoms with E-state index in [0.717, 1.165) is 6.07 Å². The maximum Gasteiger partial charge on any atom is 0.263 e. The van der Waals surface area contributed by atoms with Crippen LogP contribution in [0.4, 0.5) is 4.39 Å². The van der Waals surface area contributed by atoms with Gasteiger partial charge in [0.15, 0.2) is 5.65 Å². The van der Waals surface area contributed by atoms with E-state index in [2.05, 4.69) is 31.2 Å². The van der Waals surface area contributed by atoms with Crippen LogP contribution in [-0.2, 0) is 11.3 Å². The highest BCUT2D eigenvalue weighted by Crippen LogP contribution is 2.24. The Bertz CT molecular complexity index is 1080. The fourth-order valence-corrected chi connectivity index (χ4v) is 3.20. The van der Waals surface area contributed by atoms with E-state index in [9.17, 15) is 14.0 Å². The zero-order valence-electron chi connectivity index (χ0n) is 14.5. The average molecular weight is 454 g/mol. The minimum absolute atomic E-state index is 0.0931. The first-order chi connectivity index (χ1) is 12.7. The Kier molecular flexibility index (Phi) is 5.57. The summed E-state index contributed by atoms with van der Waals surface area (Å²) in [7, 11) is 0. The SMILES string of the molecule is CC(C)NC(=O)Cn1c(-c2cc(F)cc(Cl)c2)nc2ncc(Br)cc2c1=O. The van der Waals surface area contributed by atoms with Crippen molar-refractivity contribution in [3.8, 4) is 11.4 Å². The molecule has 1 N–H and O–H groups in total. The number of carbonyl (C=O) groups excluding carboxylic acids is 1. The number of nitrogens with zero attached hydrogens (tertiary/aromatic N) is 3. The number of nitrogens with one attached hydrogen (secondary N) is 1. The molecule has 0 fully saturated rings. The Labute approximate surface area is 167 Å². The molecular weight excluding hydrogens is 439 g/mol. The smallest absolute Gasteiger partial charge is 0.263 e. The number of carbonyl (C=O) groups is 1. The number of halogens is 3. The van der Waals surface area contributed by atoms with E-state index in [4.69, 9.17) is 11.6 Å². The summed E-state index contributed by atoms with van der Waals surface area (Å²) in [4.78, 5) is 33.8. The first-order valence-electron chi connectivity index (χ1n) is 8.06. The van der Waals surface area contributed by atoms with Crippen molar-refractivity contribution in [2.45, 2.75) is 26.4 Å². The third-order valence-electron chi connectivity index (χ3n) is 3.65. The molecule has 27 heavy (non-hydrogen) atoms. The highest BCUT2D eigenvalue weighted by molar-refractivity contribution is 9.10. The second-order valence-electron chi connectivity index (χ2n) is 6.23. The van der Waals surface area contributed by atoms with Crippen LogP contribution in [-0.4, -0.2) is 26.5 Å². The van der Waals surface area contributed by atoms with Crippen molar-refractivity contribution < 1.29 is 9.18 Å². The fourth-order valence-electron chi connectivity index (χ4n) is 2.64. The molecule has 1 aromatic carbocycles. The molecule has 9 heteroatoms. The second kappa shape index (κ2) is 7.74. The summed E-state index contributed by atoms with van der Waals surface area (Å²) in [5.41, 5.74) is 0.0169. The highest BCUT2D eigenvalue weighted by atomic mass is 79.9. The molecule has 3 aromatic rings. The number of fused-ring (bicyclic) bond motifs is 1. The summed E-state index contributed by atoms with van der Waals surface area (Å²) in [6.07, 6.45) is 1.51. The van der Waals surface area contributed by atoms with E-state index in [0.29, 0.717) is 4.47 Å². The van der Waals surface area contributed by atoms with E-state index in [1.165, 1.54) is 22.9 Å². The predicted octanol–water partition coefficient (Wildman–Crippen LogP) is 3.54. The molecule has 0 unspecified atom stereocenters. The van der Waals surface area contributed by atoms with Gasteiger partial charge < -0.3 is 5.32 Å². The Morgan fingerprint density at radius 2 is 2.07 bits per heavy atom. The van der Waals surface area contributed by atoms with Crippen molar-refractivity contribution in [3.05, 3.63) is 56.1 Å². The van der Waals surface area contributed by atoms with Crippen molar-refractivity contribution in [2.75, 3.05) is 0 Å². The number of amides is 1. The van der Waals surface area contributed by atoms with Crippen LogP contribution in [0.5, 0.6) is 0 Å². The van der Waals surface area contributed by atoms with Gasteiger partial charge in [-0.15, -0.1) is 0 Å². The quantitative estimate of drug-likeness (QED) is 0.655. The van der Waals surface area contributed by atoms with Gasteiger partial charge in [0.2, 0.25) is 5.91 Å². The van der Waals surface area contributed by atoms with Crippen LogP contribution in [0.2, 0.25) is 5.02 Å². The van der Waals surface area contributed by atoms with Crippen LogP contribution < -0.4 is 10.9 Å². The third-order valence-corrected chi connectivity index (χ3v) is 4.30. The molecule has 0 aliphatic carbocycles. The molecule has 2 heterocycles. The third kappa shape index (κ3) is 4.33. The standard InChI is InChI=1S/C18H15BrClFN4O2/c1-9(2)23-15(26)8-25-17(10-3-12(20)6-13(21)4-10)24-16-14(18(25)27)5-11(19)7-22-16/h3-7,9H,8H2,1-2H3,(H,23,26). The molecule has 140 valence electrons. The molecule has 0 bridgehead atoms. The normalized spacial score (nSPS) is 11.2. The Morgan fingerprint density at radius 1 is 1.33 bits per heavy atom. The van der Waals surface area contributed by atoms with E-state index in [1.807, 2.05) is 13.8 Å². The number of hydrogen-bond donors (Lipinski definition) is 1. The highest BCUT2D eigenvalue weighted by Gasteiger charge is 2.18. The molecule has 0 saturated carbocycles. The molecule has 1 amide bonds. The molecule has 0 spiro atoms. The van der Waals surface area contributed by atoms with Crippen LogP contribution in [0.1, 0.15) is 13.8 Å². The Balaban J connectivity index is 2.26. The number of rotatable bonds is 4. The number of aromatic nitrogens is 3. The molecule has 2 aromatic heterocycles. The maximum atomic E-state index is 13.8. The summed E-state index contributed by atoms with van der Waals surface area (Å²) in [5.74, 6) is -0.823. The lowest BCUT2D eigenvalue weighted by atomic mass is 10.2. The zero-order chi connectivity index (χ0) is 19.7. The predicted molar refractivity (Wildman–Crippen MR) is 105 cm³/mol. The van der Waals surface area contributed by atoms with Gasteiger partial charge in [0.05, 0.1) is 5.39 Å². The lowest BCUT2D eigenvalue weighted by Gasteiger charge is -2.15. The zero-order valence-corrected chi connectivity index (χ0v) is 16.8. The molecular formula is C18H15BrClFN4O2. The Hall–Kier alpha value is -2.32. The van der Waals surface area contributed by atoms with Crippen LogP contribution in [0.25, 0.3) is 22.4 Å². The van der Waals surface area contributed by atoms with E-state index in [-0.39, 0.29) is 45.9 Å². The molecule has 0 atom stereocenters. The van der Waals surface area contributed by atoms with E-state index in [1.54, 1.807) is 6.07 Å². The second-order valence-corrected chi connectivity index (χ2v) is 7.58. The van der Waals surface area contributed by atoms with Gasteiger partial charge in [-0.25, -0.2) is 14.4 Å². The summed E-state index contributed by atoms with van der Waals surface area (Å²) in [6.45, 7) is 3.36. The summed E-state index contributed by atoms with van der Waals surface area (Å²) < 4.78 is 15.6. The molecule has 3 rings (SSSR count). The molecule has 0 aliphatic rings. The van der Waals surface area contributed by atoms with E-state index < -0.39 is 11.4 Å². The van der Waals surface area contributed by atoms with Crippen LogP contribution in [0, 0.1) is 5.82 Å². The van der Waals surface area contributed by atoms with Crippen LogP contribution in [0.15, 0.2) is 39.7 Å². The molecule has 6 nitrogen and oxygen atoms in total. The van der Waals surface area contributed by atoms with Crippen molar-refractivity contribution in [1.29, 1.82) is 0 Å². The van der Waals surface area contributed by atoms with Crippen molar-refractivity contribution in [3.63, 3.8) is 0 Å². The summed E-state index contributed by atoms with van der Waals surface area (Å²) in [6, 6.07) is 5.32. The average Bonchev–Trinajstić information content (AvgIpc) is 2.56. The van der Waals surface area contributed by atoms with Gasteiger partial charge >= 0.3 is 0 Å². The van der Waals surface area contributed by atoms with Crippen molar-refractivity contribution in [2.24, 2.45) is 0 Å². The van der Waals surface area contributed by atoms with Crippen LogP contribution >= 0.6 is 27.5 Å². The van der Waals surface area contributed by atoms with Gasteiger partial charge in [-0.05, 0) is 54.0 Å². The van der Waals surface area contributed by atoms with Gasteiger partial charge in [0.1, 0.15) is 18.2 Å².